The predicted molar refractivity (Wildman–Crippen MR) is 96.3 cm³/mol. The van der Waals surface area contributed by atoms with E-state index in [1.165, 1.54) is 4.90 Å². The molecule has 3 heterocycles. The molecule has 0 aliphatic carbocycles. The van der Waals surface area contributed by atoms with E-state index >= 15 is 0 Å². The molecule has 0 radical (unpaired) electrons. The van der Waals surface area contributed by atoms with E-state index in [1.54, 1.807) is 36.5 Å². The number of aromatic nitrogens is 1. The number of alkyl halides is 2. The van der Waals surface area contributed by atoms with E-state index < -0.39 is 17.6 Å². The summed E-state index contributed by atoms with van der Waals surface area (Å²) in [5.74, 6) is -1.29. The number of hydrogen-bond acceptors (Lipinski definition) is 4. The van der Waals surface area contributed by atoms with Crippen molar-refractivity contribution in [1.82, 2.24) is 9.88 Å². The molecule has 0 atom stereocenters. The summed E-state index contributed by atoms with van der Waals surface area (Å²) in [6, 6.07) is 12.5. The molecule has 1 aromatic carbocycles. The molecule has 27 heavy (non-hydrogen) atoms. The van der Waals surface area contributed by atoms with Gasteiger partial charge in [-0.3, -0.25) is 14.7 Å². The summed E-state index contributed by atoms with van der Waals surface area (Å²) >= 11 is 0. The Balaban J connectivity index is 1.49. The Labute approximate surface area is 156 Å². The van der Waals surface area contributed by atoms with E-state index in [4.69, 9.17) is 4.74 Å². The number of morpholine rings is 1. The molecule has 2 aliphatic rings. The Kier molecular flexibility index (Phi) is 4.65. The smallest absolute Gasteiger partial charge is 0.304 e. The molecule has 4 rings (SSSR count). The normalized spacial score (nSPS) is 22.1. The van der Waals surface area contributed by atoms with Crippen molar-refractivity contribution in [2.75, 3.05) is 24.5 Å². The number of amides is 1. The fourth-order valence-corrected chi connectivity index (χ4v) is 3.81. The van der Waals surface area contributed by atoms with Gasteiger partial charge in [-0.25, -0.2) is 0 Å². The number of nitrogens with zero attached hydrogens (tertiary/aromatic N) is 3. The molecule has 7 heteroatoms. The van der Waals surface area contributed by atoms with Gasteiger partial charge in [0.05, 0.1) is 12.1 Å². The Hall–Kier alpha value is -2.38. The number of rotatable bonds is 3. The molecule has 1 amide bonds. The van der Waals surface area contributed by atoms with Gasteiger partial charge in [0.15, 0.2) is 0 Å². The van der Waals surface area contributed by atoms with Crippen LogP contribution in [0.4, 0.5) is 14.5 Å². The third kappa shape index (κ3) is 3.70. The fourth-order valence-electron chi connectivity index (χ4n) is 3.81. The number of para-hydroxylation sites is 1. The molecule has 5 nitrogen and oxygen atoms in total. The summed E-state index contributed by atoms with van der Waals surface area (Å²) in [6.45, 7) is 2.12. The average Bonchev–Trinajstić information content (AvgIpc) is 2.68. The van der Waals surface area contributed by atoms with Crippen molar-refractivity contribution in [2.24, 2.45) is 0 Å². The van der Waals surface area contributed by atoms with Crippen LogP contribution in [0, 0.1) is 0 Å². The number of hydrogen-bond donors (Lipinski definition) is 0. The topological polar surface area (TPSA) is 45.7 Å². The summed E-state index contributed by atoms with van der Waals surface area (Å²) in [6.07, 6.45) is 0.617. The summed E-state index contributed by atoms with van der Waals surface area (Å²) in [7, 11) is 0. The lowest BCUT2D eigenvalue weighted by atomic mass is 9.88. The first-order valence-electron chi connectivity index (χ1n) is 9.04. The highest BCUT2D eigenvalue weighted by molar-refractivity contribution is 5.98. The molecular weight excluding hydrogens is 352 g/mol. The van der Waals surface area contributed by atoms with E-state index in [0.717, 1.165) is 12.1 Å². The number of carbonyl (C=O) groups excluding carboxylic acids is 1. The van der Waals surface area contributed by atoms with Crippen LogP contribution < -0.4 is 4.90 Å². The molecule has 1 spiro atoms. The van der Waals surface area contributed by atoms with Crippen LogP contribution >= 0.6 is 0 Å². The second-order valence-electron chi connectivity index (χ2n) is 7.17. The number of halogens is 2. The Morgan fingerprint density at radius 3 is 2.48 bits per heavy atom. The second kappa shape index (κ2) is 6.98. The molecule has 0 bridgehead atoms. The maximum Gasteiger partial charge on any atom is 0.437 e. The molecule has 2 aliphatic heterocycles. The van der Waals surface area contributed by atoms with E-state index in [1.807, 2.05) is 18.3 Å². The molecule has 142 valence electrons. The van der Waals surface area contributed by atoms with Gasteiger partial charge in [0, 0.05) is 37.7 Å². The summed E-state index contributed by atoms with van der Waals surface area (Å²) in [4.78, 5) is 19.7. The van der Waals surface area contributed by atoms with Crippen LogP contribution in [0.15, 0.2) is 54.9 Å². The van der Waals surface area contributed by atoms with Gasteiger partial charge in [-0.05, 0) is 36.6 Å². The van der Waals surface area contributed by atoms with Gasteiger partial charge in [0.2, 0.25) is 0 Å². The quantitative estimate of drug-likeness (QED) is 0.830. The van der Waals surface area contributed by atoms with Crippen LogP contribution in [-0.2, 0) is 16.1 Å². The number of likely N-dealkylation sites (tertiary alicyclic amines) is 1. The minimum absolute atomic E-state index is 0.145. The highest BCUT2D eigenvalue weighted by Crippen LogP contribution is 2.40. The molecule has 1 aromatic heterocycles. The number of piperidine rings is 1. The first-order chi connectivity index (χ1) is 13.0. The van der Waals surface area contributed by atoms with E-state index in [9.17, 15) is 13.6 Å². The second-order valence-corrected chi connectivity index (χ2v) is 7.17. The van der Waals surface area contributed by atoms with Gasteiger partial charge < -0.3 is 9.64 Å². The molecule has 0 N–H and O–H groups in total. The standard InChI is InChI=1S/C20H21F2N3O2/c21-20(22)18(26)25(17-6-2-1-3-7-17)15-19(27-20)8-11-24(12-9-19)14-16-5-4-10-23-13-16/h1-7,10,13H,8-9,11-12,14-15H2. The van der Waals surface area contributed by atoms with Gasteiger partial charge in [0.1, 0.15) is 0 Å². The lowest BCUT2D eigenvalue weighted by Gasteiger charge is -2.48. The van der Waals surface area contributed by atoms with Crippen LogP contribution in [-0.4, -0.2) is 47.1 Å². The number of anilines is 1. The van der Waals surface area contributed by atoms with Crippen molar-refractivity contribution < 1.29 is 18.3 Å². The third-order valence-corrected chi connectivity index (χ3v) is 5.25. The van der Waals surface area contributed by atoms with Crippen LogP contribution in [0.2, 0.25) is 0 Å². The van der Waals surface area contributed by atoms with Gasteiger partial charge >= 0.3 is 12.0 Å². The van der Waals surface area contributed by atoms with Crippen molar-refractivity contribution in [3.8, 4) is 0 Å². The van der Waals surface area contributed by atoms with Crippen molar-refractivity contribution >= 4 is 11.6 Å². The lowest BCUT2D eigenvalue weighted by molar-refractivity contribution is -0.293. The fraction of sp³-hybridized carbons (Fsp3) is 0.400. The summed E-state index contributed by atoms with van der Waals surface area (Å²) in [5.41, 5.74) is 0.533. The predicted octanol–water partition coefficient (Wildman–Crippen LogP) is 3.07. The maximum absolute atomic E-state index is 14.4. The van der Waals surface area contributed by atoms with Crippen LogP contribution in [0.3, 0.4) is 0 Å². The van der Waals surface area contributed by atoms with Crippen LogP contribution in [0.25, 0.3) is 0 Å². The number of ether oxygens (including phenoxy) is 1. The van der Waals surface area contributed by atoms with E-state index in [2.05, 4.69) is 9.88 Å². The van der Waals surface area contributed by atoms with E-state index in [-0.39, 0.29) is 6.54 Å². The molecular formula is C20H21F2N3O2. The highest BCUT2D eigenvalue weighted by Gasteiger charge is 2.57. The largest absolute Gasteiger partial charge is 0.437 e. The van der Waals surface area contributed by atoms with Crippen LogP contribution in [0.1, 0.15) is 18.4 Å². The summed E-state index contributed by atoms with van der Waals surface area (Å²) < 4.78 is 33.8. The first-order valence-corrected chi connectivity index (χ1v) is 9.04. The molecule has 2 aromatic rings. The zero-order valence-corrected chi connectivity index (χ0v) is 14.9. The van der Waals surface area contributed by atoms with Gasteiger partial charge in [-0.2, -0.15) is 8.78 Å². The minimum Gasteiger partial charge on any atom is -0.304 e. The zero-order chi connectivity index (χ0) is 18.9. The van der Waals surface area contributed by atoms with Gasteiger partial charge in [-0.1, -0.05) is 24.3 Å². The van der Waals surface area contributed by atoms with Crippen molar-refractivity contribution in [3.05, 3.63) is 60.4 Å². The molecule has 0 saturated carbocycles. The monoisotopic (exact) mass is 373 g/mol. The molecule has 2 saturated heterocycles. The molecule has 0 unspecified atom stereocenters. The average molecular weight is 373 g/mol. The Bertz CT molecular complexity index is 793. The van der Waals surface area contributed by atoms with Crippen molar-refractivity contribution in [1.29, 1.82) is 0 Å². The summed E-state index contributed by atoms with van der Waals surface area (Å²) in [5, 5.41) is 0. The highest BCUT2D eigenvalue weighted by atomic mass is 19.3. The number of pyridine rings is 1. The first kappa shape index (κ1) is 18.0. The van der Waals surface area contributed by atoms with E-state index in [0.29, 0.717) is 31.6 Å². The van der Waals surface area contributed by atoms with Crippen molar-refractivity contribution in [2.45, 2.75) is 31.1 Å². The maximum atomic E-state index is 14.4. The SMILES string of the molecule is O=C1N(c2ccccc2)CC2(CCN(Cc3cccnc3)CC2)OC1(F)F. The molecule has 2 fully saturated rings. The Morgan fingerprint density at radius 1 is 1.07 bits per heavy atom. The third-order valence-electron chi connectivity index (χ3n) is 5.25. The zero-order valence-electron chi connectivity index (χ0n) is 14.9. The Morgan fingerprint density at radius 2 is 1.81 bits per heavy atom. The number of benzene rings is 1. The van der Waals surface area contributed by atoms with Gasteiger partial charge in [0.25, 0.3) is 0 Å². The van der Waals surface area contributed by atoms with Crippen molar-refractivity contribution in [3.63, 3.8) is 0 Å². The lowest BCUT2D eigenvalue weighted by Crippen LogP contribution is -2.64. The number of carbonyl (C=O) groups is 1. The minimum atomic E-state index is -3.81. The van der Waals surface area contributed by atoms with Crippen LogP contribution in [0.5, 0.6) is 0 Å². The van der Waals surface area contributed by atoms with Gasteiger partial charge in [-0.15, -0.1) is 0 Å².